The van der Waals surface area contributed by atoms with Crippen molar-refractivity contribution in [3.63, 3.8) is 0 Å². The molecule has 2 N–H and O–H groups in total. The zero-order chi connectivity index (χ0) is 8.97. The van der Waals surface area contributed by atoms with Gasteiger partial charge in [-0.2, -0.15) is 0 Å². The van der Waals surface area contributed by atoms with Crippen molar-refractivity contribution in [2.45, 2.75) is 32.0 Å². The average Bonchev–Trinajstić information content (AvgIpc) is 2.30. The molecular formula is C8H15NO3. The van der Waals surface area contributed by atoms with Gasteiger partial charge in [0.25, 0.3) is 5.97 Å². The van der Waals surface area contributed by atoms with E-state index in [2.05, 4.69) is 5.32 Å². The average molecular weight is 173 g/mol. The van der Waals surface area contributed by atoms with E-state index < -0.39 is 5.97 Å². The molecule has 2 rings (SSSR count). The summed E-state index contributed by atoms with van der Waals surface area (Å²) in [5, 5.41) is 10.7. The summed E-state index contributed by atoms with van der Waals surface area (Å²) >= 11 is 0. The van der Waals surface area contributed by atoms with Crippen LogP contribution >= 0.6 is 0 Å². The second-order valence-electron chi connectivity index (χ2n) is 3.13. The maximum absolute atomic E-state index is 9.00. The highest BCUT2D eigenvalue weighted by Crippen LogP contribution is 2.21. The van der Waals surface area contributed by atoms with E-state index in [1.165, 1.54) is 12.8 Å². The molecule has 0 radical (unpaired) electrons. The van der Waals surface area contributed by atoms with Gasteiger partial charge < -0.3 is 15.2 Å². The first kappa shape index (κ1) is 9.48. The molecule has 0 saturated carbocycles. The standard InChI is InChI=1S/C6H11NO.C2H4O2/c1-2-6-4-7-3-5(1)8-6;1-2(3)4/h5-7H,1-4H2;1H3,(H,3,4). The Kier molecular flexibility index (Phi) is 3.49. The van der Waals surface area contributed by atoms with E-state index in [-0.39, 0.29) is 0 Å². The summed E-state index contributed by atoms with van der Waals surface area (Å²) in [5.74, 6) is -0.833. The predicted octanol–water partition coefficient (Wildman–Crippen LogP) is 0.228. The van der Waals surface area contributed by atoms with Crippen molar-refractivity contribution in [2.24, 2.45) is 0 Å². The third kappa shape index (κ3) is 3.19. The first-order valence-corrected chi connectivity index (χ1v) is 4.24. The Morgan fingerprint density at radius 2 is 1.83 bits per heavy atom. The highest BCUT2D eigenvalue weighted by Gasteiger charge is 2.28. The van der Waals surface area contributed by atoms with Gasteiger partial charge in [0, 0.05) is 20.0 Å². The van der Waals surface area contributed by atoms with E-state index in [1.807, 2.05) is 0 Å². The molecule has 2 aliphatic heterocycles. The number of ether oxygens (including phenoxy) is 1. The van der Waals surface area contributed by atoms with Gasteiger partial charge in [0.15, 0.2) is 0 Å². The molecule has 0 aromatic carbocycles. The van der Waals surface area contributed by atoms with Crippen molar-refractivity contribution in [3.8, 4) is 0 Å². The van der Waals surface area contributed by atoms with Crippen LogP contribution < -0.4 is 5.32 Å². The number of hydrogen-bond acceptors (Lipinski definition) is 3. The lowest BCUT2D eigenvalue weighted by Crippen LogP contribution is -2.38. The highest BCUT2D eigenvalue weighted by molar-refractivity contribution is 5.62. The molecule has 0 amide bonds. The molecule has 2 aliphatic rings. The Morgan fingerprint density at radius 1 is 1.42 bits per heavy atom. The quantitative estimate of drug-likeness (QED) is 0.550. The lowest BCUT2D eigenvalue weighted by Gasteiger charge is -2.20. The van der Waals surface area contributed by atoms with E-state index in [1.54, 1.807) is 0 Å². The number of morpholine rings is 1. The Hall–Kier alpha value is -0.610. The summed E-state index contributed by atoms with van der Waals surface area (Å²) in [7, 11) is 0. The van der Waals surface area contributed by atoms with Crippen LogP contribution in [0.1, 0.15) is 19.8 Å². The number of carboxylic acids is 1. The second-order valence-corrected chi connectivity index (χ2v) is 3.13. The molecule has 2 heterocycles. The lowest BCUT2D eigenvalue weighted by atomic mass is 10.2. The Labute approximate surface area is 71.9 Å². The van der Waals surface area contributed by atoms with Crippen LogP contribution in [0.15, 0.2) is 0 Å². The number of carbonyl (C=O) groups is 1. The maximum atomic E-state index is 9.00. The van der Waals surface area contributed by atoms with Gasteiger partial charge in [-0.25, -0.2) is 0 Å². The summed E-state index contributed by atoms with van der Waals surface area (Å²) < 4.78 is 5.53. The minimum atomic E-state index is -0.833. The zero-order valence-electron chi connectivity index (χ0n) is 7.25. The van der Waals surface area contributed by atoms with Crippen molar-refractivity contribution >= 4 is 5.97 Å². The van der Waals surface area contributed by atoms with Gasteiger partial charge in [-0.3, -0.25) is 4.79 Å². The zero-order valence-corrected chi connectivity index (χ0v) is 7.25. The summed E-state index contributed by atoms with van der Waals surface area (Å²) in [6, 6.07) is 0. The number of nitrogens with one attached hydrogen (secondary N) is 1. The van der Waals surface area contributed by atoms with Crippen LogP contribution in [-0.4, -0.2) is 36.4 Å². The fraction of sp³-hybridized carbons (Fsp3) is 0.875. The SMILES string of the molecule is C1CC2CNCC1O2.CC(=O)O. The number of aliphatic carboxylic acids is 1. The molecule has 4 nitrogen and oxygen atoms in total. The summed E-state index contributed by atoms with van der Waals surface area (Å²) in [6.07, 6.45) is 3.65. The van der Waals surface area contributed by atoms with Crippen LogP contribution in [0, 0.1) is 0 Å². The van der Waals surface area contributed by atoms with Gasteiger partial charge in [-0.1, -0.05) is 0 Å². The van der Waals surface area contributed by atoms with E-state index in [4.69, 9.17) is 14.6 Å². The third-order valence-electron chi connectivity index (χ3n) is 1.94. The minimum Gasteiger partial charge on any atom is -0.481 e. The van der Waals surface area contributed by atoms with E-state index in [0.29, 0.717) is 12.2 Å². The molecule has 0 aromatic rings. The topological polar surface area (TPSA) is 58.6 Å². The molecule has 0 aliphatic carbocycles. The number of carboxylic acid groups (broad SMARTS) is 1. The van der Waals surface area contributed by atoms with Gasteiger partial charge in [-0.15, -0.1) is 0 Å². The second kappa shape index (κ2) is 4.42. The lowest BCUT2D eigenvalue weighted by molar-refractivity contribution is -0.134. The fourth-order valence-electron chi connectivity index (χ4n) is 1.49. The molecule has 2 atom stereocenters. The molecule has 0 aromatic heterocycles. The van der Waals surface area contributed by atoms with E-state index in [0.717, 1.165) is 20.0 Å². The fourth-order valence-corrected chi connectivity index (χ4v) is 1.49. The first-order valence-electron chi connectivity index (χ1n) is 4.24. The molecule has 2 unspecified atom stereocenters. The van der Waals surface area contributed by atoms with Crippen LogP contribution in [0.25, 0.3) is 0 Å². The van der Waals surface area contributed by atoms with Gasteiger partial charge in [-0.05, 0) is 12.8 Å². The Bertz CT molecular complexity index is 142. The largest absolute Gasteiger partial charge is 0.481 e. The van der Waals surface area contributed by atoms with Crippen LogP contribution in [0.3, 0.4) is 0 Å². The van der Waals surface area contributed by atoms with Gasteiger partial charge >= 0.3 is 0 Å². The predicted molar refractivity (Wildman–Crippen MR) is 44.1 cm³/mol. The Morgan fingerprint density at radius 3 is 2.17 bits per heavy atom. The van der Waals surface area contributed by atoms with Crippen molar-refractivity contribution in [2.75, 3.05) is 13.1 Å². The van der Waals surface area contributed by atoms with Crippen LogP contribution in [-0.2, 0) is 9.53 Å². The molecule has 2 fully saturated rings. The van der Waals surface area contributed by atoms with Crippen LogP contribution in [0.4, 0.5) is 0 Å². The monoisotopic (exact) mass is 173 g/mol. The van der Waals surface area contributed by atoms with Gasteiger partial charge in [0.05, 0.1) is 12.2 Å². The summed E-state index contributed by atoms with van der Waals surface area (Å²) in [4.78, 5) is 9.00. The molecular weight excluding hydrogens is 158 g/mol. The number of hydrogen-bond donors (Lipinski definition) is 2. The smallest absolute Gasteiger partial charge is 0.300 e. The Balaban J connectivity index is 0.000000157. The summed E-state index contributed by atoms with van der Waals surface area (Å²) in [6.45, 7) is 3.24. The highest BCUT2D eigenvalue weighted by atomic mass is 16.5. The van der Waals surface area contributed by atoms with E-state index in [9.17, 15) is 0 Å². The van der Waals surface area contributed by atoms with Crippen molar-refractivity contribution < 1.29 is 14.6 Å². The molecule has 0 spiro atoms. The number of fused-ring (bicyclic) bond motifs is 2. The number of rotatable bonds is 0. The molecule has 4 heteroatoms. The third-order valence-corrected chi connectivity index (χ3v) is 1.94. The van der Waals surface area contributed by atoms with Crippen LogP contribution in [0.5, 0.6) is 0 Å². The van der Waals surface area contributed by atoms with Crippen molar-refractivity contribution in [1.29, 1.82) is 0 Å². The summed E-state index contributed by atoms with van der Waals surface area (Å²) in [5.41, 5.74) is 0. The normalized spacial score (nSPS) is 32.1. The molecule has 70 valence electrons. The van der Waals surface area contributed by atoms with Crippen LogP contribution in [0.2, 0.25) is 0 Å². The van der Waals surface area contributed by atoms with Gasteiger partial charge in [0.1, 0.15) is 0 Å². The maximum Gasteiger partial charge on any atom is 0.300 e. The van der Waals surface area contributed by atoms with E-state index >= 15 is 0 Å². The first-order chi connectivity index (χ1) is 5.68. The molecule has 2 bridgehead atoms. The molecule has 2 saturated heterocycles. The van der Waals surface area contributed by atoms with Crippen molar-refractivity contribution in [3.05, 3.63) is 0 Å². The van der Waals surface area contributed by atoms with Gasteiger partial charge in [0.2, 0.25) is 0 Å². The van der Waals surface area contributed by atoms with Crippen molar-refractivity contribution in [1.82, 2.24) is 5.32 Å². The minimum absolute atomic E-state index is 0.550. The molecule has 12 heavy (non-hydrogen) atoms.